The number of nitrogens with one attached hydrogen (secondary N) is 1. The Hall–Kier alpha value is -2.47. The van der Waals surface area contributed by atoms with Gasteiger partial charge in [0.1, 0.15) is 12.4 Å². The summed E-state index contributed by atoms with van der Waals surface area (Å²) in [6, 6.07) is 8.83. The number of hydrogen-bond donors (Lipinski definition) is 1. The molecule has 2 aromatic rings. The van der Waals surface area contributed by atoms with Crippen molar-refractivity contribution < 1.29 is 18.7 Å². The molecule has 1 aromatic carbocycles. The Labute approximate surface area is 136 Å². The van der Waals surface area contributed by atoms with Crippen LogP contribution in [0.5, 0.6) is 11.5 Å². The summed E-state index contributed by atoms with van der Waals surface area (Å²) >= 11 is 0. The van der Waals surface area contributed by atoms with Crippen LogP contribution in [0.2, 0.25) is 0 Å². The number of carbonyl (C=O) groups is 1. The van der Waals surface area contributed by atoms with Gasteiger partial charge in [-0.15, -0.1) is 0 Å². The van der Waals surface area contributed by atoms with Crippen LogP contribution in [0.15, 0.2) is 41.0 Å². The first-order chi connectivity index (χ1) is 11.1. The lowest BCUT2D eigenvalue weighted by Gasteiger charge is -2.14. The summed E-state index contributed by atoms with van der Waals surface area (Å²) in [5.74, 6) is 1.71. The molecule has 1 amide bonds. The van der Waals surface area contributed by atoms with Gasteiger partial charge in [0, 0.05) is 18.3 Å². The second-order valence-corrected chi connectivity index (χ2v) is 5.32. The Balaban J connectivity index is 1.99. The number of nitrogens with zero attached hydrogens (tertiary/aromatic N) is 1. The van der Waals surface area contributed by atoms with Gasteiger partial charge < -0.3 is 24.1 Å². The molecule has 0 aliphatic carbocycles. The number of methoxy groups -OCH3 is 1. The third-order valence-corrected chi connectivity index (χ3v) is 3.16. The summed E-state index contributed by atoms with van der Waals surface area (Å²) in [6.45, 7) is 1.32. The van der Waals surface area contributed by atoms with E-state index in [1.165, 1.54) is 0 Å². The van der Waals surface area contributed by atoms with Crippen LogP contribution in [0.25, 0.3) is 0 Å². The Morgan fingerprint density at radius 1 is 1.26 bits per heavy atom. The highest BCUT2D eigenvalue weighted by Gasteiger charge is 2.10. The van der Waals surface area contributed by atoms with Crippen molar-refractivity contribution >= 4 is 11.6 Å². The molecule has 2 rings (SSSR count). The van der Waals surface area contributed by atoms with Crippen molar-refractivity contribution in [1.82, 2.24) is 4.90 Å². The first-order valence-corrected chi connectivity index (χ1v) is 7.36. The van der Waals surface area contributed by atoms with E-state index in [-0.39, 0.29) is 12.3 Å². The smallest absolute Gasteiger partial charge is 0.231 e. The molecule has 6 nitrogen and oxygen atoms in total. The quantitative estimate of drug-likeness (QED) is 0.810. The zero-order chi connectivity index (χ0) is 16.7. The van der Waals surface area contributed by atoms with E-state index in [4.69, 9.17) is 13.9 Å². The number of furan rings is 1. The number of ether oxygens (including phenoxy) is 2. The van der Waals surface area contributed by atoms with Gasteiger partial charge in [0.05, 0.1) is 19.8 Å². The minimum absolute atomic E-state index is 0.149. The van der Waals surface area contributed by atoms with Crippen molar-refractivity contribution in [2.75, 3.05) is 39.7 Å². The van der Waals surface area contributed by atoms with Crippen molar-refractivity contribution in [1.29, 1.82) is 0 Å². The third-order valence-electron chi connectivity index (χ3n) is 3.16. The maximum Gasteiger partial charge on any atom is 0.231 e. The molecule has 1 heterocycles. The van der Waals surface area contributed by atoms with E-state index in [9.17, 15) is 4.79 Å². The number of carbonyl (C=O) groups excluding carboxylic acids is 1. The minimum Gasteiger partial charge on any atom is -0.493 e. The van der Waals surface area contributed by atoms with Crippen LogP contribution in [-0.4, -0.2) is 45.2 Å². The fourth-order valence-corrected chi connectivity index (χ4v) is 1.98. The van der Waals surface area contributed by atoms with Crippen molar-refractivity contribution in [3.05, 3.63) is 42.4 Å². The first kappa shape index (κ1) is 16.9. The highest BCUT2D eigenvalue weighted by Crippen LogP contribution is 2.30. The molecule has 0 bridgehead atoms. The number of rotatable bonds is 8. The Bertz CT molecular complexity index is 624. The fraction of sp³-hybridized carbons (Fsp3) is 0.353. The lowest BCUT2D eigenvalue weighted by molar-refractivity contribution is -0.115. The predicted octanol–water partition coefficient (Wildman–Crippen LogP) is 2.41. The molecule has 23 heavy (non-hydrogen) atoms. The van der Waals surface area contributed by atoms with E-state index in [2.05, 4.69) is 5.32 Å². The number of likely N-dealkylation sites (N-methyl/N-ethyl adjacent to an activating group) is 1. The van der Waals surface area contributed by atoms with E-state index >= 15 is 0 Å². The van der Waals surface area contributed by atoms with E-state index in [1.54, 1.807) is 43.7 Å². The molecule has 0 radical (unpaired) electrons. The predicted molar refractivity (Wildman–Crippen MR) is 88.1 cm³/mol. The van der Waals surface area contributed by atoms with Gasteiger partial charge >= 0.3 is 0 Å². The van der Waals surface area contributed by atoms with Crippen LogP contribution in [-0.2, 0) is 11.2 Å². The van der Waals surface area contributed by atoms with Gasteiger partial charge in [-0.2, -0.15) is 0 Å². The molecule has 1 N–H and O–H groups in total. The van der Waals surface area contributed by atoms with E-state index in [0.717, 1.165) is 6.54 Å². The summed E-state index contributed by atoms with van der Waals surface area (Å²) in [5.41, 5.74) is 0.655. The van der Waals surface area contributed by atoms with Gasteiger partial charge in [0.15, 0.2) is 11.5 Å². The zero-order valence-corrected chi connectivity index (χ0v) is 13.7. The fourth-order valence-electron chi connectivity index (χ4n) is 1.98. The molecule has 0 saturated carbocycles. The zero-order valence-electron chi connectivity index (χ0n) is 13.7. The summed E-state index contributed by atoms with van der Waals surface area (Å²) in [6.07, 6.45) is 1.74. The number of amides is 1. The second kappa shape index (κ2) is 8.24. The molecular formula is C17H22N2O4. The van der Waals surface area contributed by atoms with Crippen LogP contribution < -0.4 is 14.8 Å². The van der Waals surface area contributed by atoms with E-state index in [0.29, 0.717) is 29.6 Å². The average molecular weight is 318 g/mol. The van der Waals surface area contributed by atoms with Gasteiger partial charge in [0.25, 0.3) is 0 Å². The number of anilines is 1. The monoisotopic (exact) mass is 318 g/mol. The highest BCUT2D eigenvalue weighted by molar-refractivity contribution is 5.92. The summed E-state index contributed by atoms with van der Waals surface area (Å²) < 4.78 is 16.2. The molecule has 0 fully saturated rings. The molecular weight excluding hydrogens is 296 g/mol. The molecule has 0 aliphatic rings. The third kappa shape index (κ3) is 5.34. The molecule has 0 saturated heterocycles. The normalized spacial score (nSPS) is 10.6. The van der Waals surface area contributed by atoms with Crippen molar-refractivity contribution in [2.24, 2.45) is 0 Å². The van der Waals surface area contributed by atoms with Gasteiger partial charge in [-0.3, -0.25) is 4.79 Å². The molecule has 0 spiro atoms. The maximum atomic E-state index is 12.0. The Morgan fingerprint density at radius 3 is 2.74 bits per heavy atom. The van der Waals surface area contributed by atoms with E-state index in [1.807, 2.05) is 19.0 Å². The topological polar surface area (TPSA) is 63.9 Å². The van der Waals surface area contributed by atoms with Gasteiger partial charge in [0.2, 0.25) is 5.91 Å². The van der Waals surface area contributed by atoms with E-state index < -0.39 is 0 Å². The van der Waals surface area contributed by atoms with Crippen molar-refractivity contribution in [2.45, 2.75) is 6.42 Å². The summed E-state index contributed by atoms with van der Waals surface area (Å²) in [4.78, 5) is 14.0. The maximum absolute atomic E-state index is 12.0. The molecule has 0 aliphatic heterocycles. The molecule has 124 valence electrons. The first-order valence-electron chi connectivity index (χ1n) is 7.36. The van der Waals surface area contributed by atoms with Crippen molar-refractivity contribution in [3.8, 4) is 11.5 Å². The largest absolute Gasteiger partial charge is 0.493 e. The molecule has 1 aromatic heterocycles. The number of hydrogen-bond acceptors (Lipinski definition) is 5. The van der Waals surface area contributed by atoms with Gasteiger partial charge in [-0.25, -0.2) is 0 Å². The van der Waals surface area contributed by atoms with Crippen molar-refractivity contribution in [3.63, 3.8) is 0 Å². The summed E-state index contributed by atoms with van der Waals surface area (Å²) in [7, 11) is 5.54. The molecule has 0 unspecified atom stereocenters. The Kier molecular flexibility index (Phi) is 6.05. The lowest BCUT2D eigenvalue weighted by Crippen LogP contribution is -2.19. The van der Waals surface area contributed by atoms with Gasteiger partial charge in [-0.05, 0) is 38.4 Å². The number of benzene rings is 1. The molecule has 0 atom stereocenters. The average Bonchev–Trinajstić information content (AvgIpc) is 3.00. The minimum atomic E-state index is -0.149. The van der Waals surface area contributed by atoms with Gasteiger partial charge in [-0.1, -0.05) is 0 Å². The standard InChI is InChI=1S/C17H22N2O4/c1-19(2)8-10-23-16-11-13(6-7-15(16)21-3)18-17(20)12-14-5-4-9-22-14/h4-7,9,11H,8,10,12H2,1-3H3,(H,18,20). The summed E-state index contributed by atoms with van der Waals surface area (Å²) in [5, 5.41) is 2.83. The Morgan fingerprint density at radius 2 is 2.09 bits per heavy atom. The molecule has 6 heteroatoms. The second-order valence-electron chi connectivity index (χ2n) is 5.32. The van der Waals surface area contributed by atoms with Crippen LogP contribution in [0, 0.1) is 0 Å². The highest BCUT2D eigenvalue weighted by atomic mass is 16.5. The SMILES string of the molecule is COc1ccc(NC(=O)Cc2ccco2)cc1OCCN(C)C. The van der Waals surface area contributed by atoms with Crippen LogP contribution >= 0.6 is 0 Å². The van der Waals surface area contributed by atoms with Crippen LogP contribution in [0.3, 0.4) is 0 Å². The lowest BCUT2D eigenvalue weighted by atomic mass is 10.2. The van der Waals surface area contributed by atoms with Crippen LogP contribution in [0.4, 0.5) is 5.69 Å². The van der Waals surface area contributed by atoms with Crippen LogP contribution in [0.1, 0.15) is 5.76 Å².